The first kappa shape index (κ1) is 23.1. The summed E-state index contributed by atoms with van der Waals surface area (Å²) in [5.74, 6) is 0.939. The van der Waals surface area contributed by atoms with Gasteiger partial charge in [-0.1, -0.05) is 66.2 Å². The molecule has 37 heavy (non-hydrogen) atoms. The Balaban J connectivity index is 1.52. The number of halogens is 2. The summed E-state index contributed by atoms with van der Waals surface area (Å²) in [6.45, 7) is 0. The average Bonchev–Trinajstić information content (AvgIpc) is 3.39. The van der Waals surface area contributed by atoms with Gasteiger partial charge in [-0.05, 0) is 48.0 Å². The number of rotatable bonds is 5. The Labute approximate surface area is 218 Å². The van der Waals surface area contributed by atoms with Crippen LogP contribution in [0.3, 0.4) is 0 Å². The highest BCUT2D eigenvalue weighted by Crippen LogP contribution is 2.38. The molecule has 0 saturated carbocycles. The Morgan fingerprint density at radius 1 is 0.865 bits per heavy atom. The number of ether oxygens (including phenoxy) is 1. The zero-order valence-electron chi connectivity index (χ0n) is 20.0. The Kier molecular flexibility index (Phi) is 6.02. The van der Waals surface area contributed by atoms with Gasteiger partial charge < -0.3 is 4.74 Å². The Hall–Kier alpha value is -4.29. The number of hydrazone groups is 1. The fourth-order valence-corrected chi connectivity index (χ4v) is 4.74. The quantitative estimate of drug-likeness (QED) is 0.247. The zero-order chi connectivity index (χ0) is 25.4. The van der Waals surface area contributed by atoms with Gasteiger partial charge in [-0.25, -0.2) is 19.4 Å². The van der Waals surface area contributed by atoms with Gasteiger partial charge in [-0.15, -0.1) is 0 Å². The number of fused-ring (bicyclic) bond motifs is 1. The van der Waals surface area contributed by atoms with Crippen molar-refractivity contribution in [2.24, 2.45) is 5.10 Å². The van der Waals surface area contributed by atoms with E-state index in [1.54, 1.807) is 19.2 Å². The van der Waals surface area contributed by atoms with E-state index in [0.717, 1.165) is 44.7 Å². The van der Waals surface area contributed by atoms with Crippen LogP contribution in [0.4, 0.5) is 10.3 Å². The van der Waals surface area contributed by atoms with Crippen LogP contribution in [0.5, 0.6) is 5.75 Å². The van der Waals surface area contributed by atoms with Crippen molar-refractivity contribution < 1.29 is 9.13 Å². The Morgan fingerprint density at radius 3 is 2.43 bits per heavy atom. The van der Waals surface area contributed by atoms with Gasteiger partial charge >= 0.3 is 0 Å². The maximum absolute atomic E-state index is 13.8. The number of nitrogens with zero attached hydrogens (tertiary/aromatic N) is 4. The van der Waals surface area contributed by atoms with Crippen LogP contribution in [-0.4, -0.2) is 22.8 Å². The molecule has 0 fully saturated rings. The molecule has 0 radical (unpaired) electrons. The lowest BCUT2D eigenvalue weighted by molar-refractivity contribution is 0.414. The van der Waals surface area contributed by atoms with E-state index in [2.05, 4.69) is 0 Å². The van der Waals surface area contributed by atoms with E-state index in [1.807, 2.05) is 77.8 Å². The van der Waals surface area contributed by atoms with Gasteiger partial charge in [0.2, 0.25) is 5.95 Å². The van der Waals surface area contributed by atoms with E-state index in [0.29, 0.717) is 17.4 Å². The first-order valence-electron chi connectivity index (χ1n) is 11.9. The van der Waals surface area contributed by atoms with E-state index < -0.39 is 0 Å². The SMILES string of the molecule is COc1cccc(C2=NN(c3nc(-c4ccc(Cl)cc4)c4ccccc4n3)C(c3ccc(F)cc3)C2)c1. The van der Waals surface area contributed by atoms with Crippen molar-refractivity contribution in [3.8, 4) is 17.0 Å². The van der Waals surface area contributed by atoms with Crippen LogP contribution in [0.25, 0.3) is 22.2 Å². The normalized spacial score (nSPS) is 15.2. The molecule has 0 amide bonds. The third-order valence-electron chi connectivity index (χ3n) is 6.48. The molecule has 4 aromatic carbocycles. The van der Waals surface area contributed by atoms with Crippen LogP contribution in [0.1, 0.15) is 23.6 Å². The highest BCUT2D eigenvalue weighted by Gasteiger charge is 2.32. The second-order valence-electron chi connectivity index (χ2n) is 8.79. The average molecular weight is 509 g/mol. The van der Waals surface area contributed by atoms with E-state index in [4.69, 9.17) is 31.4 Å². The van der Waals surface area contributed by atoms with E-state index in [-0.39, 0.29) is 11.9 Å². The van der Waals surface area contributed by atoms with E-state index >= 15 is 0 Å². The number of hydrogen-bond donors (Lipinski definition) is 0. The first-order valence-corrected chi connectivity index (χ1v) is 12.3. The molecule has 1 unspecified atom stereocenters. The summed E-state index contributed by atoms with van der Waals surface area (Å²) < 4.78 is 19.2. The minimum absolute atomic E-state index is 0.207. The molecule has 0 spiro atoms. The molecule has 0 N–H and O–H groups in total. The highest BCUT2D eigenvalue weighted by atomic mass is 35.5. The van der Waals surface area contributed by atoms with Crippen LogP contribution in [0, 0.1) is 5.82 Å². The predicted octanol–water partition coefficient (Wildman–Crippen LogP) is 7.45. The van der Waals surface area contributed by atoms with Crippen molar-refractivity contribution in [3.63, 3.8) is 0 Å². The van der Waals surface area contributed by atoms with Crippen LogP contribution >= 0.6 is 11.6 Å². The van der Waals surface area contributed by atoms with Crippen LogP contribution in [0.15, 0.2) is 102 Å². The molecule has 1 aromatic heterocycles. The summed E-state index contributed by atoms with van der Waals surface area (Å²) in [5.41, 5.74) is 5.28. The molecule has 7 heteroatoms. The van der Waals surface area contributed by atoms with Crippen molar-refractivity contribution in [1.82, 2.24) is 9.97 Å². The Bertz CT molecular complexity index is 1620. The lowest BCUT2D eigenvalue weighted by Gasteiger charge is -2.23. The first-order chi connectivity index (χ1) is 18.1. The molecular weight excluding hydrogens is 487 g/mol. The topological polar surface area (TPSA) is 50.6 Å². The summed E-state index contributed by atoms with van der Waals surface area (Å²) in [5, 5.41) is 8.43. The van der Waals surface area contributed by atoms with E-state index in [1.165, 1.54) is 12.1 Å². The number of benzene rings is 4. The second-order valence-corrected chi connectivity index (χ2v) is 9.23. The molecule has 182 valence electrons. The molecule has 1 atom stereocenters. The monoisotopic (exact) mass is 508 g/mol. The van der Waals surface area contributed by atoms with Gasteiger partial charge in [0, 0.05) is 28.0 Å². The van der Waals surface area contributed by atoms with Gasteiger partial charge in [0.1, 0.15) is 11.6 Å². The minimum atomic E-state index is -0.283. The summed E-state index contributed by atoms with van der Waals surface area (Å²) in [7, 11) is 1.64. The number of hydrogen-bond acceptors (Lipinski definition) is 5. The molecule has 0 bridgehead atoms. The summed E-state index contributed by atoms with van der Waals surface area (Å²) in [6, 6.07) is 29.6. The zero-order valence-corrected chi connectivity index (χ0v) is 20.7. The van der Waals surface area contributed by atoms with Crippen molar-refractivity contribution in [2.45, 2.75) is 12.5 Å². The second kappa shape index (κ2) is 9.64. The predicted molar refractivity (Wildman–Crippen MR) is 146 cm³/mol. The number of para-hydroxylation sites is 1. The number of methoxy groups -OCH3 is 1. The molecule has 1 aliphatic heterocycles. The van der Waals surface area contributed by atoms with Crippen molar-refractivity contribution in [2.75, 3.05) is 12.1 Å². The standard InChI is InChI=1S/C30H22ClFN4O/c1-37-24-6-4-5-21(17-24)27-18-28(19-11-15-23(32)16-12-19)36(35-27)30-33-26-8-3-2-7-25(26)29(34-30)20-9-13-22(31)14-10-20/h2-17,28H,18H2,1H3. The smallest absolute Gasteiger partial charge is 0.247 e. The molecule has 5 aromatic rings. The largest absolute Gasteiger partial charge is 0.497 e. The molecule has 2 heterocycles. The highest BCUT2D eigenvalue weighted by molar-refractivity contribution is 6.30. The Morgan fingerprint density at radius 2 is 1.65 bits per heavy atom. The maximum atomic E-state index is 13.8. The van der Waals surface area contributed by atoms with Gasteiger partial charge in [0.15, 0.2) is 0 Å². The molecule has 0 aliphatic carbocycles. The minimum Gasteiger partial charge on any atom is -0.497 e. The van der Waals surface area contributed by atoms with Crippen molar-refractivity contribution in [1.29, 1.82) is 0 Å². The third-order valence-corrected chi connectivity index (χ3v) is 6.73. The lowest BCUT2D eigenvalue weighted by atomic mass is 9.98. The fourth-order valence-electron chi connectivity index (χ4n) is 4.61. The lowest BCUT2D eigenvalue weighted by Crippen LogP contribution is -2.21. The maximum Gasteiger partial charge on any atom is 0.247 e. The summed E-state index contributed by atoms with van der Waals surface area (Å²) in [4.78, 5) is 9.90. The molecular formula is C30H22ClFN4O. The van der Waals surface area contributed by atoms with Gasteiger partial charge in [-0.2, -0.15) is 5.10 Å². The van der Waals surface area contributed by atoms with Gasteiger partial charge in [0.05, 0.1) is 30.1 Å². The molecule has 0 saturated heterocycles. The van der Waals surface area contributed by atoms with Crippen molar-refractivity contribution >= 4 is 34.2 Å². The van der Waals surface area contributed by atoms with E-state index in [9.17, 15) is 4.39 Å². The van der Waals surface area contributed by atoms with Crippen LogP contribution in [-0.2, 0) is 0 Å². The van der Waals surface area contributed by atoms with Gasteiger partial charge in [-0.3, -0.25) is 0 Å². The molecule has 6 rings (SSSR count). The number of anilines is 1. The summed E-state index contributed by atoms with van der Waals surface area (Å²) in [6.07, 6.45) is 0.602. The molecule has 5 nitrogen and oxygen atoms in total. The fraction of sp³-hybridized carbons (Fsp3) is 0.100. The summed E-state index contributed by atoms with van der Waals surface area (Å²) >= 11 is 6.15. The number of aromatic nitrogens is 2. The van der Waals surface area contributed by atoms with Crippen molar-refractivity contribution in [3.05, 3.63) is 119 Å². The van der Waals surface area contributed by atoms with Crippen LogP contribution < -0.4 is 9.75 Å². The third kappa shape index (κ3) is 4.52. The van der Waals surface area contributed by atoms with Crippen LogP contribution in [0.2, 0.25) is 5.02 Å². The molecule has 1 aliphatic rings. The van der Waals surface area contributed by atoms with Gasteiger partial charge in [0.25, 0.3) is 0 Å².